The molecule has 0 fully saturated rings. The van der Waals surface area contributed by atoms with Crippen molar-refractivity contribution in [1.82, 2.24) is 9.97 Å². The molecule has 2 rings (SSSR count). The van der Waals surface area contributed by atoms with Gasteiger partial charge in [-0.2, -0.15) is 0 Å². The Kier molecular flexibility index (Phi) is 3.89. The van der Waals surface area contributed by atoms with Crippen molar-refractivity contribution in [3.05, 3.63) is 54.1 Å². The van der Waals surface area contributed by atoms with Crippen LogP contribution in [0.2, 0.25) is 0 Å². The van der Waals surface area contributed by atoms with E-state index in [-0.39, 0.29) is 12.1 Å². The Balaban J connectivity index is 2.33. The standard InChI is InChI=1S/C14H17N3O/c1-10(2)18-12-7-4-3-6-11(12)13(15)14-16-8-5-9-17-14/h3-10,13H,15H2,1-2H3. The van der Waals surface area contributed by atoms with Gasteiger partial charge in [0.25, 0.3) is 0 Å². The number of ether oxygens (including phenoxy) is 1. The summed E-state index contributed by atoms with van der Waals surface area (Å²) in [4.78, 5) is 8.37. The highest BCUT2D eigenvalue weighted by Crippen LogP contribution is 2.27. The van der Waals surface area contributed by atoms with E-state index in [1.165, 1.54) is 0 Å². The van der Waals surface area contributed by atoms with Crippen LogP contribution in [0.3, 0.4) is 0 Å². The van der Waals surface area contributed by atoms with E-state index >= 15 is 0 Å². The monoisotopic (exact) mass is 243 g/mol. The summed E-state index contributed by atoms with van der Waals surface area (Å²) < 4.78 is 5.75. The minimum Gasteiger partial charge on any atom is -0.491 e. The fraction of sp³-hybridized carbons (Fsp3) is 0.286. The van der Waals surface area contributed by atoms with Crippen LogP contribution in [0.4, 0.5) is 0 Å². The molecule has 2 aromatic rings. The maximum atomic E-state index is 6.19. The van der Waals surface area contributed by atoms with Crippen molar-refractivity contribution in [3.63, 3.8) is 0 Å². The second kappa shape index (κ2) is 5.60. The summed E-state index contributed by atoms with van der Waals surface area (Å²) in [5, 5.41) is 0. The summed E-state index contributed by atoms with van der Waals surface area (Å²) in [7, 11) is 0. The third-order valence-electron chi connectivity index (χ3n) is 2.48. The van der Waals surface area contributed by atoms with E-state index in [1.807, 2.05) is 38.1 Å². The molecule has 0 radical (unpaired) electrons. The normalized spacial score (nSPS) is 12.4. The van der Waals surface area contributed by atoms with E-state index in [2.05, 4.69) is 9.97 Å². The first kappa shape index (κ1) is 12.5. The van der Waals surface area contributed by atoms with E-state index in [0.29, 0.717) is 5.82 Å². The molecule has 0 aliphatic carbocycles. The predicted octanol–water partition coefficient (Wildman–Crippen LogP) is 2.31. The number of nitrogens with two attached hydrogens (primary N) is 1. The molecule has 1 unspecified atom stereocenters. The second-order valence-electron chi connectivity index (χ2n) is 4.29. The fourth-order valence-electron chi connectivity index (χ4n) is 1.71. The number of hydrogen-bond donors (Lipinski definition) is 1. The molecule has 1 aromatic heterocycles. The Hall–Kier alpha value is -1.94. The van der Waals surface area contributed by atoms with Crippen molar-refractivity contribution >= 4 is 0 Å². The molecule has 1 aromatic carbocycles. The first-order valence-electron chi connectivity index (χ1n) is 5.96. The maximum absolute atomic E-state index is 6.19. The van der Waals surface area contributed by atoms with Gasteiger partial charge in [-0.3, -0.25) is 0 Å². The van der Waals surface area contributed by atoms with E-state index < -0.39 is 0 Å². The predicted molar refractivity (Wildman–Crippen MR) is 70.3 cm³/mol. The molecule has 0 spiro atoms. The zero-order valence-corrected chi connectivity index (χ0v) is 10.6. The largest absolute Gasteiger partial charge is 0.491 e. The summed E-state index contributed by atoms with van der Waals surface area (Å²) in [6.45, 7) is 3.97. The van der Waals surface area contributed by atoms with Gasteiger partial charge in [0.1, 0.15) is 11.6 Å². The van der Waals surface area contributed by atoms with Crippen molar-refractivity contribution in [3.8, 4) is 5.75 Å². The molecule has 2 N–H and O–H groups in total. The van der Waals surface area contributed by atoms with Crippen molar-refractivity contribution in [2.75, 3.05) is 0 Å². The number of rotatable bonds is 4. The van der Waals surface area contributed by atoms with Crippen LogP contribution in [0, 0.1) is 0 Å². The summed E-state index contributed by atoms with van der Waals surface area (Å²) in [5.41, 5.74) is 7.09. The van der Waals surface area contributed by atoms with Crippen molar-refractivity contribution in [1.29, 1.82) is 0 Å². The highest BCUT2D eigenvalue weighted by molar-refractivity contribution is 5.38. The molecular weight excluding hydrogens is 226 g/mol. The highest BCUT2D eigenvalue weighted by Gasteiger charge is 2.16. The van der Waals surface area contributed by atoms with Crippen LogP contribution in [0.25, 0.3) is 0 Å². The first-order chi connectivity index (χ1) is 8.68. The number of hydrogen-bond acceptors (Lipinski definition) is 4. The van der Waals surface area contributed by atoms with Gasteiger partial charge in [0.15, 0.2) is 0 Å². The SMILES string of the molecule is CC(C)Oc1ccccc1C(N)c1ncccn1. The summed E-state index contributed by atoms with van der Waals surface area (Å²) in [6.07, 6.45) is 3.48. The van der Waals surface area contributed by atoms with Crippen LogP contribution in [0.15, 0.2) is 42.7 Å². The highest BCUT2D eigenvalue weighted by atomic mass is 16.5. The van der Waals surface area contributed by atoms with Crippen LogP contribution in [0.5, 0.6) is 5.75 Å². The zero-order valence-electron chi connectivity index (χ0n) is 10.6. The third-order valence-corrected chi connectivity index (χ3v) is 2.48. The molecule has 1 heterocycles. The molecule has 0 saturated carbocycles. The van der Waals surface area contributed by atoms with Gasteiger partial charge in [0, 0.05) is 18.0 Å². The Morgan fingerprint density at radius 2 is 1.72 bits per heavy atom. The quantitative estimate of drug-likeness (QED) is 0.895. The van der Waals surface area contributed by atoms with Crippen LogP contribution in [-0.4, -0.2) is 16.1 Å². The van der Waals surface area contributed by atoms with Gasteiger partial charge in [-0.15, -0.1) is 0 Å². The van der Waals surface area contributed by atoms with E-state index in [9.17, 15) is 0 Å². The minimum absolute atomic E-state index is 0.107. The Morgan fingerprint density at radius 3 is 2.39 bits per heavy atom. The van der Waals surface area contributed by atoms with Crippen LogP contribution in [0.1, 0.15) is 31.3 Å². The first-order valence-corrected chi connectivity index (χ1v) is 5.96. The maximum Gasteiger partial charge on any atom is 0.149 e. The molecule has 1 atom stereocenters. The second-order valence-corrected chi connectivity index (χ2v) is 4.29. The average Bonchev–Trinajstić information content (AvgIpc) is 2.39. The van der Waals surface area contributed by atoms with Gasteiger partial charge in [0.05, 0.1) is 12.1 Å². The minimum atomic E-state index is -0.374. The molecule has 0 aliphatic heterocycles. The molecular formula is C14H17N3O. The van der Waals surface area contributed by atoms with Gasteiger partial charge in [-0.1, -0.05) is 18.2 Å². The fourth-order valence-corrected chi connectivity index (χ4v) is 1.71. The molecule has 4 heteroatoms. The van der Waals surface area contributed by atoms with Gasteiger partial charge >= 0.3 is 0 Å². The number of benzene rings is 1. The van der Waals surface area contributed by atoms with E-state index in [0.717, 1.165) is 11.3 Å². The lowest BCUT2D eigenvalue weighted by Gasteiger charge is -2.17. The molecule has 0 amide bonds. The molecule has 94 valence electrons. The number of para-hydroxylation sites is 1. The Labute approximate surface area is 107 Å². The van der Waals surface area contributed by atoms with Crippen LogP contribution in [-0.2, 0) is 0 Å². The number of nitrogens with zero attached hydrogens (tertiary/aromatic N) is 2. The van der Waals surface area contributed by atoms with E-state index in [4.69, 9.17) is 10.5 Å². The van der Waals surface area contributed by atoms with E-state index in [1.54, 1.807) is 18.5 Å². The van der Waals surface area contributed by atoms with Crippen molar-refractivity contribution in [2.45, 2.75) is 26.0 Å². The van der Waals surface area contributed by atoms with Crippen LogP contribution >= 0.6 is 0 Å². The Bertz CT molecular complexity index is 499. The lowest BCUT2D eigenvalue weighted by Crippen LogP contribution is -2.17. The van der Waals surface area contributed by atoms with Crippen molar-refractivity contribution < 1.29 is 4.74 Å². The third kappa shape index (κ3) is 2.84. The van der Waals surface area contributed by atoms with Gasteiger partial charge in [-0.05, 0) is 26.0 Å². The smallest absolute Gasteiger partial charge is 0.149 e. The average molecular weight is 243 g/mol. The number of aromatic nitrogens is 2. The van der Waals surface area contributed by atoms with Gasteiger partial charge < -0.3 is 10.5 Å². The van der Waals surface area contributed by atoms with Gasteiger partial charge in [-0.25, -0.2) is 9.97 Å². The topological polar surface area (TPSA) is 61.0 Å². The Morgan fingerprint density at radius 1 is 1.06 bits per heavy atom. The molecule has 0 aliphatic rings. The van der Waals surface area contributed by atoms with Crippen LogP contribution < -0.4 is 10.5 Å². The zero-order chi connectivity index (χ0) is 13.0. The van der Waals surface area contributed by atoms with Gasteiger partial charge in [0.2, 0.25) is 0 Å². The molecule has 4 nitrogen and oxygen atoms in total. The van der Waals surface area contributed by atoms with Crippen molar-refractivity contribution in [2.24, 2.45) is 5.73 Å². The summed E-state index contributed by atoms with van der Waals surface area (Å²) >= 11 is 0. The molecule has 0 saturated heterocycles. The molecule has 0 bridgehead atoms. The summed E-state index contributed by atoms with van der Waals surface area (Å²) in [6, 6.07) is 9.12. The lowest BCUT2D eigenvalue weighted by atomic mass is 10.1. The summed E-state index contributed by atoms with van der Waals surface area (Å²) in [5.74, 6) is 1.38. The lowest BCUT2D eigenvalue weighted by molar-refractivity contribution is 0.239. The molecule has 18 heavy (non-hydrogen) atoms.